The molecule has 7 heteroatoms. The van der Waals surface area contributed by atoms with Crippen LogP contribution in [-0.2, 0) is 4.79 Å². The topological polar surface area (TPSA) is 87.3 Å². The van der Waals surface area contributed by atoms with E-state index < -0.39 is 0 Å². The van der Waals surface area contributed by atoms with Crippen molar-refractivity contribution >= 4 is 46.4 Å². The Morgan fingerprint density at radius 1 is 0.677 bits per heavy atom. The second-order valence-corrected chi connectivity index (χ2v) is 7.62. The minimum absolute atomic E-state index is 0.0949. The van der Waals surface area contributed by atoms with Gasteiger partial charge in [-0.1, -0.05) is 37.6 Å². The number of anilines is 3. The number of hydrogen-bond acceptors (Lipinski definition) is 3. The molecule has 0 unspecified atom stereocenters. The SMILES string of the molecule is CC(C)C(=O)Nc1ccc(C(=O)Nc2ccccc2NC(=O)c2ccc(Cl)cc2)cc1. The Morgan fingerprint density at radius 2 is 1.13 bits per heavy atom. The number of hydrogen-bond donors (Lipinski definition) is 3. The molecule has 0 aliphatic carbocycles. The van der Waals surface area contributed by atoms with Crippen LogP contribution in [0.2, 0.25) is 5.02 Å². The third kappa shape index (κ3) is 5.93. The number of nitrogens with one attached hydrogen (secondary N) is 3. The third-order valence-corrected chi connectivity index (χ3v) is 4.72. The maximum Gasteiger partial charge on any atom is 0.255 e. The summed E-state index contributed by atoms with van der Waals surface area (Å²) >= 11 is 5.87. The molecule has 0 fully saturated rings. The highest BCUT2D eigenvalue weighted by molar-refractivity contribution is 6.30. The van der Waals surface area contributed by atoms with Gasteiger partial charge in [0.05, 0.1) is 11.4 Å². The lowest BCUT2D eigenvalue weighted by atomic mass is 10.1. The van der Waals surface area contributed by atoms with Gasteiger partial charge in [-0.15, -0.1) is 0 Å². The average molecular weight is 436 g/mol. The molecule has 0 saturated heterocycles. The highest BCUT2D eigenvalue weighted by Crippen LogP contribution is 2.23. The van der Waals surface area contributed by atoms with Crippen molar-refractivity contribution in [1.29, 1.82) is 0 Å². The predicted octanol–water partition coefficient (Wildman–Crippen LogP) is 5.44. The molecular formula is C24H22ClN3O3. The van der Waals surface area contributed by atoms with Crippen LogP contribution in [0.4, 0.5) is 17.1 Å². The van der Waals surface area contributed by atoms with E-state index in [2.05, 4.69) is 16.0 Å². The second kappa shape index (κ2) is 9.91. The summed E-state index contributed by atoms with van der Waals surface area (Å²) in [7, 11) is 0. The number of halogens is 1. The number of carbonyl (C=O) groups excluding carboxylic acids is 3. The first-order valence-corrected chi connectivity index (χ1v) is 10.1. The van der Waals surface area contributed by atoms with Crippen LogP contribution in [0.25, 0.3) is 0 Å². The minimum atomic E-state index is -0.338. The Labute approximate surface area is 185 Å². The smallest absolute Gasteiger partial charge is 0.255 e. The van der Waals surface area contributed by atoms with E-state index in [1.807, 2.05) is 0 Å². The molecule has 3 aromatic carbocycles. The lowest BCUT2D eigenvalue weighted by molar-refractivity contribution is -0.118. The largest absolute Gasteiger partial charge is 0.326 e. The molecule has 3 amide bonds. The molecule has 0 spiro atoms. The molecule has 0 radical (unpaired) electrons. The zero-order valence-electron chi connectivity index (χ0n) is 17.1. The van der Waals surface area contributed by atoms with Crippen LogP contribution in [0.3, 0.4) is 0 Å². The fourth-order valence-corrected chi connectivity index (χ4v) is 2.81. The summed E-state index contributed by atoms with van der Waals surface area (Å²) in [6.07, 6.45) is 0. The minimum Gasteiger partial charge on any atom is -0.326 e. The Balaban J connectivity index is 1.70. The molecule has 0 bridgehead atoms. The van der Waals surface area contributed by atoms with Crippen LogP contribution in [0.5, 0.6) is 0 Å². The van der Waals surface area contributed by atoms with E-state index in [1.54, 1.807) is 86.6 Å². The molecule has 3 N–H and O–H groups in total. The fourth-order valence-electron chi connectivity index (χ4n) is 2.68. The molecule has 3 aromatic rings. The molecule has 0 saturated carbocycles. The van der Waals surface area contributed by atoms with Crippen molar-refractivity contribution in [1.82, 2.24) is 0 Å². The molecule has 6 nitrogen and oxygen atoms in total. The van der Waals surface area contributed by atoms with Crippen LogP contribution in [0.1, 0.15) is 34.6 Å². The van der Waals surface area contributed by atoms with Crippen molar-refractivity contribution in [3.05, 3.63) is 88.9 Å². The molecule has 0 aliphatic heterocycles. The maximum absolute atomic E-state index is 12.7. The molecule has 0 atom stereocenters. The van der Waals surface area contributed by atoms with Crippen LogP contribution in [0, 0.1) is 5.92 Å². The van der Waals surface area contributed by atoms with Crippen LogP contribution in [-0.4, -0.2) is 17.7 Å². The summed E-state index contributed by atoms with van der Waals surface area (Å²) in [5, 5.41) is 8.93. The van der Waals surface area contributed by atoms with Gasteiger partial charge in [-0.2, -0.15) is 0 Å². The predicted molar refractivity (Wildman–Crippen MR) is 124 cm³/mol. The fraction of sp³-hybridized carbons (Fsp3) is 0.125. The van der Waals surface area contributed by atoms with Gasteiger partial charge >= 0.3 is 0 Å². The van der Waals surface area contributed by atoms with E-state index in [1.165, 1.54) is 0 Å². The van der Waals surface area contributed by atoms with Crippen molar-refractivity contribution in [3.63, 3.8) is 0 Å². The quantitative estimate of drug-likeness (QED) is 0.481. The van der Waals surface area contributed by atoms with Crippen molar-refractivity contribution in [2.24, 2.45) is 5.92 Å². The van der Waals surface area contributed by atoms with E-state index in [4.69, 9.17) is 11.6 Å². The van der Waals surface area contributed by atoms with Crippen LogP contribution < -0.4 is 16.0 Å². The van der Waals surface area contributed by atoms with Gasteiger partial charge in [0.25, 0.3) is 11.8 Å². The van der Waals surface area contributed by atoms with Gasteiger partial charge in [-0.25, -0.2) is 0 Å². The summed E-state index contributed by atoms with van der Waals surface area (Å²) in [5.41, 5.74) is 2.42. The molecule has 0 heterocycles. The normalized spacial score (nSPS) is 10.5. The number of amides is 3. The number of benzene rings is 3. The van der Waals surface area contributed by atoms with Crippen molar-refractivity contribution < 1.29 is 14.4 Å². The van der Waals surface area contributed by atoms with Gasteiger partial charge in [0.15, 0.2) is 0 Å². The molecule has 0 aromatic heterocycles. The lowest BCUT2D eigenvalue weighted by Crippen LogP contribution is -2.18. The Bertz CT molecular complexity index is 1090. The van der Waals surface area contributed by atoms with Crippen LogP contribution in [0.15, 0.2) is 72.8 Å². The van der Waals surface area contributed by atoms with Gasteiger partial charge in [0, 0.05) is 27.8 Å². The van der Waals surface area contributed by atoms with E-state index >= 15 is 0 Å². The molecule has 3 rings (SSSR count). The average Bonchev–Trinajstić information content (AvgIpc) is 2.76. The number of rotatable bonds is 6. The van der Waals surface area contributed by atoms with Gasteiger partial charge in [-0.3, -0.25) is 14.4 Å². The zero-order chi connectivity index (χ0) is 22.4. The standard InChI is InChI=1S/C24H22ClN3O3/c1-15(2)22(29)26-19-13-9-17(10-14-19)24(31)28-21-6-4-3-5-20(21)27-23(30)16-7-11-18(25)12-8-16/h3-15H,1-2H3,(H,26,29)(H,27,30)(H,28,31). The summed E-state index contributed by atoms with van der Waals surface area (Å²) < 4.78 is 0. The maximum atomic E-state index is 12.7. The van der Waals surface area contributed by atoms with Gasteiger partial charge in [-0.05, 0) is 60.7 Å². The van der Waals surface area contributed by atoms with Gasteiger partial charge in [0.2, 0.25) is 5.91 Å². The Kier molecular flexibility index (Phi) is 7.05. The Hall–Kier alpha value is -3.64. The first kappa shape index (κ1) is 22.1. The second-order valence-electron chi connectivity index (χ2n) is 7.18. The monoisotopic (exact) mass is 435 g/mol. The van der Waals surface area contributed by atoms with E-state index in [9.17, 15) is 14.4 Å². The van der Waals surface area contributed by atoms with E-state index in [0.29, 0.717) is 33.2 Å². The Morgan fingerprint density at radius 3 is 1.58 bits per heavy atom. The molecular weight excluding hydrogens is 414 g/mol. The van der Waals surface area contributed by atoms with Gasteiger partial charge in [0.1, 0.15) is 0 Å². The number of para-hydroxylation sites is 2. The van der Waals surface area contributed by atoms with Crippen LogP contribution >= 0.6 is 11.6 Å². The van der Waals surface area contributed by atoms with Crippen molar-refractivity contribution in [2.75, 3.05) is 16.0 Å². The summed E-state index contributed by atoms with van der Waals surface area (Å²) in [6, 6.07) is 20.0. The third-order valence-electron chi connectivity index (χ3n) is 4.47. The van der Waals surface area contributed by atoms with Crippen molar-refractivity contribution in [3.8, 4) is 0 Å². The summed E-state index contributed by atoms with van der Waals surface area (Å²) in [6.45, 7) is 3.61. The molecule has 0 aliphatic rings. The highest BCUT2D eigenvalue weighted by atomic mass is 35.5. The van der Waals surface area contributed by atoms with E-state index in [0.717, 1.165) is 0 Å². The first-order valence-electron chi connectivity index (χ1n) is 9.71. The van der Waals surface area contributed by atoms with E-state index in [-0.39, 0.29) is 23.6 Å². The summed E-state index contributed by atoms with van der Waals surface area (Å²) in [5.74, 6) is -0.886. The lowest BCUT2D eigenvalue weighted by Gasteiger charge is -2.13. The van der Waals surface area contributed by atoms with Crippen molar-refractivity contribution in [2.45, 2.75) is 13.8 Å². The summed E-state index contributed by atoms with van der Waals surface area (Å²) in [4.78, 5) is 37.0. The number of carbonyl (C=O) groups is 3. The van der Waals surface area contributed by atoms with Gasteiger partial charge < -0.3 is 16.0 Å². The molecule has 158 valence electrons. The zero-order valence-corrected chi connectivity index (χ0v) is 17.9. The first-order chi connectivity index (χ1) is 14.8. The highest BCUT2D eigenvalue weighted by Gasteiger charge is 2.13. The molecule has 31 heavy (non-hydrogen) atoms.